The minimum atomic E-state index is -0.611. The second-order valence-electron chi connectivity index (χ2n) is 6.93. The van der Waals surface area contributed by atoms with Crippen molar-refractivity contribution in [3.8, 4) is 11.5 Å². The number of β-amino-alcohol motifs (C(OH)–C–C–N with tert-alkyl or cyclic N) is 1. The number of hydrogen-bond donors (Lipinski definition) is 2. The van der Waals surface area contributed by atoms with Crippen LogP contribution in [0, 0.1) is 0 Å². The highest BCUT2D eigenvalue weighted by atomic mass is 16.6. The van der Waals surface area contributed by atoms with Crippen LogP contribution in [0.2, 0.25) is 0 Å². The molecule has 2 rings (SSSR count). The van der Waals surface area contributed by atoms with Gasteiger partial charge in [-0.15, -0.1) is 0 Å². The molecular weight excluding hydrogens is 308 g/mol. The molecule has 24 heavy (non-hydrogen) atoms. The summed E-state index contributed by atoms with van der Waals surface area (Å²) >= 11 is 0. The van der Waals surface area contributed by atoms with Crippen molar-refractivity contribution in [2.45, 2.75) is 45.3 Å². The number of ether oxygens (including phenoxy) is 2. The van der Waals surface area contributed by atoms with Crippen LogP contribution in [-0.4, -0.2) is 49.3 Å². The fourth-order valence-corrected chi connectivity index (χ4v) is 2.32. The second kappa shape index (κ2) is 8.35. The van der Waals surface area contributed by atoms with Crippen LogP contribution >= 0.6 is 0 Å². The summed E-state index contributed by atoms with van der Waals surface area (Å²) in [4.78, 5) is 5.39. The number of hydrogen-bond acceptors (Lipinski definition) is 6. The molecule has 134 valence electrons. The first kappa shape index (κ1) is 18.5. The molecule has 1 aromatic rings. The predicted molar refractivity (Wildman–Crippen MR) is 94.0 cm³/mol. The van der Waals surface area contributed by atoms with E-state index in [2.05, 4.69) is 31.2 Å². The quantitative estimate of drug-likeness (QED) is 0.780. The maximum atomic E-state index is 9.97. The van der Waals surface area contributed by atoms with Crippen molar-refractivity contribution in [1.29, 1.82) is 0 Å². The van der Waals surface area contributed by atoms with E-state index in [4.69, 9.17) is 14.3 Å². The zero-order chi connectivity index (χ0) is 17.6. The van der Waals surface area contributed by atoms with Gasteiger partial charge in [0, 0.05) is 17.6 Å². The summed E-state index contributed by atoms with van der Waals surface area (Å²) in [7, 11) is 1.63. The van der Waals surface area contributed by atoms with Crippen molar-refractivity contribution in [3.05, 3.63) is 23.8 Å². The maximum Gasteiger partial charge on any atom is 0.144 e. The van der Waals surface area contributed by atoms with Gasteiger partial charge in [0.15, 0.2) is 0 Å². The van der Waals surface area contributed by atoms with Crippen LogP contribution in [0.15, 0.2) is 23.4 Å². The third-order valence-electron chi connectivity index (χ3n) is 3.62. The first-order valence-corrected chi connectivity index (χ1v) is 8.32. The van der Waals surface area contributed by atoms with Crippen LogP contribution in [0.4, 0.5) is 0 Å². The average Bonchev–Trinajstić information content (AvgIpc) is 2.74. The largest absolute Gasteiger partial charge is 0.497 e. The molecule has 0 aromatic heterocycles. The molecule has 2 N–H and O–H groups in total. The Labute approximate surface area is 143 Å². The molecule has 1 unspecified atom stereocenters. The van der Waals surface area contributed by atoms with Gasteiger partial charge in [0.05, 0.1) is 19.4 Å². The summed E-state index contributed by atoms with van der Waals surface area (Å²) in [5, 5.41) is 17.4. The lowest BCUT2D eigenvalue weighted by Crippen LogP contribution is -2.42. The molecular formula is C18H28N2O4. The minimum absolute atomic E-state index is 0.0407. The molecule has 1 heterocycles. The van der Waals surface area contributed by atoms with Gasteiger partial charge in [-0.2, -0.15) is 0 Å². The molecule has 0 saturated carbocycles. The summed E-state index contributed by atoms with van der Waals surface area (Å²) in [6, 6.07) is 5.65. The lowest BCUT2D eigenvalue weighted by Gasteiger charge is -2.22. The standard InChI is InChI=1S/C18H28N2O4/c1-18(2,3)19-11-13(21)12-24-20-16-6-5-9-23-17-8-7-14(22-4)10-15(16)17/h7-8,10,13,19,21H,5-6,9,11-12H2,1-4H3/b20-16+. The molecule has 0 bridgehead atoms. The van der Waals surface area contributed by atoms with Gasteiger partial charge >= 0.3 is 0 Å². The fraction of sp³-hybridized carbons (Fsp3) is 0.611. The van der Waals surface area contributed by atoms with Gasteiger partial charge in [0.2, 0.25) is 0 Å². The number of rotatable bonds is 6. The highest BCUT2D eigenvalue weighted by molar-refractivity contribution is 6.03. The van der Waals surface area contributed by atoms with Gasteiger partial charge in [-0.05, 0) is 51.8 Å². The van der Waals surface area contributed by atoms with Gasteiger partial charge in [-0.25, -0.2) is 0 Å². The predicted octanol–water partition coefficient (Wildman–Crippen LogP) is 2.34. The molecule has 0 spiro atoms. The van der Waals surface area contributed by atoms with Crippen molar-refractivity contribution in [3.63, 3.8) is 0 Å². The molecule has 1 aliphatic heterocycles. The number of methoxy groups -OCH3 is 1. The first-order chi connectivity index (χ1) is 11.4. The van der Waals surface area contributed by atoms with E-state index in [0.29, 0.717) is 13.2 Å². The molecule has 1 atom stereocenters. The van der Waals surface area contributed by atoms with Gasteiger partial charge in [-0.1, -0.05) is 5.16 Å². The van der Waals surface area contributed by atoms with Gasteiger partial charge in [0.1, 0.15) is 24.2 Å². The van der Waals surface area contributed by atoms with Crippen molar-refractivity contribution in [2.24, 2.45) is 5.16 Å². The molecule has 6 heteroatoms. The Morgan fingerprint density at radius 3 is 2.88 bits per heavy atom. The monoisotopic (exact) mass is 336 g/mol. The molecule has 1 aromatic carbocycles. The minimum Gasteiger partial charge on any atom is -0.497 e. The lowest BCUT2D eigenvalue weighted by molar-refractivity contribution is 0.0371. The molecule has 1 aliphatic rings. The Hall–Kier alpha value is -1.79. The topological polar surface area (TPSA) is 72.3 Å². The number of aliphatic hydroxyl groups is 1. The SMILES string of the molecule is COc1ccc2c(c1)/C(=N/OCC(O)CNC(C)(C)C)CCCO2. The van der Waals surface area contributed by atoms with E-state index >= 15 is 0 Å². The zero-order valence-electron chi connectivity index (χ0n) is 15.0. The smallest absolute Gasteiger partial charge is 0.144 e. The summed E-state index contributed by atoms with van der Waals surface area (Å²) in [6.07, 6.45) is 1.02. The van der Waals surface area contributed by atoms with E-state index in [1.807, 2.05) is 18.2 Å². The fourth-order valence-electron chi connectivity index (χ4n) is 2.32. The summed E-state index contributed by atoms with van der Waals surface area (Å²) in [6.45, 7) is 7.41. The van der Waals surface area contributed by atoms with Gasteiger partial charge in [0.25, 0.3) is 0 Å². The van der Waals surface area contributed by atoms with E-state index < -0.39 is 6.10 Å². The molecule has 0 amide bonds. The maximum absolute atomic E-state index is 9.97. The first-order valence-electron chi connectivity index (χ1n) is 8.32. The van der Waals surface area contributed by atoms with Crippen LogP contribution in [0.3, 0.4) is 0 Å². The summed E-state index contributed by atoms with van der Waals surface area (Å²) in [5.74, 6) is 1.53. The van der Waals surface area contributed by atoms with Crippen LogP contribution in [0.5, 0.6) is 11.5 Å². The number of nitrogens with one attached hydrogen (secondary N) is 1. The van der Waals surface area contributed by atoms with E-state index in [0.717, 1.165) is 35.6 Å². The molecule has 0 saturated heterocycles. The number of fused-ring (bicyclic) bond motifs is 1. The number of benzene rings is 1. The Morgan fingerprint density at radius 1 is 1.38 bits per heavy atom. The van der Waals surface area contributed by atoms with E-state index in [-0.39, 0.29) is 12.1 Å². The molecule has 0 aliphatic carbocycles. The van der Waals surface area contributed by atoms with E-state index in [9.17, 15) is 5.11 Å². The van der Waals surface area contributed by atoms with Crippen molar-refractivity contribution in [1.82, 2.24) is 5.32 Å². The lowest BCUT2D eigenvalue weighted by atomic mass is 10.1. The highest BCUT2D eigenvalue weighted by Gasteiger charge is 2.17. The van der Waals surface area contributed by atoms with Crippen LogP contribution < -0.4 is 14.8 Å². The summed E-state index contributed by atoms with van der Waals surface area (Å²) < 4.78 is 11.0. The van der Waals surface area contributed by atoms with Crippen LogP contribution in [-0.2, 0) is 4.84 Å². The van der Waals surface area contributed by atoms with Crippen LogP contribution in [0.25, 0.3) is 0 Å². The van der Waals surface area contributed by atoms with Gasteiger partial charge in [-0.3, -0.25) is 0 Å². The molecule has 0 fully saturated rings. The third-order valence-corrected chi connectivity index (χ3v) is 3.62. The Morgan fingerprint density at radius 2 is 2.17 bits per heavy atom. The Kier molecular flexibility index (Phi) is 6.45. The highest BCUT2D eigenvalue weighted by Crippen LogP contribution is 2.28. The normalized spacial score (nSPS) is 17.6. The van der Waals surface area contributed by atoms with Crippen molar-refractivity contribution in [2.75, 3.05) is 26.9 Å². The summed E-state index contributed by atoms with van der Waals surface area (Å²) in [5.41, 5.74) is 1.66. The molecule has 6 nitrogen and oxygen atoms in total. The van der Waals surface area contributed by atoms with E-state index in [1.165, 1.54) is 0 Å². The number of aliphatic hydroxyl groups excluding tert-OH is 1. The van der Waals surface area contributed by atoms with Crippen molar-refractivity contribution < 1.29 is 19.4 Å². The average molecular weight is 336 g/mol. The van der Waals surface area contributed by atoms with Crippen LogP contribution in [0.1, 0.15) is 39.2 Å². The Balaban J connectivity index is 1.99. The second-order valence-corrected chi connectivity index (χ2v) is 6.93. The Bertz CT molecular complexity index is 567. The third kappa shape index (κ3) is 5.69. The van der Waals surface area contributed by atoms with Gasteiger partial charge < -0.3 is 24.7 Å². The number of nitrogens with zero attached hydrogens (tertiary/aromatic N) is 1. The number of oxime groups is 1. The zero-order valence-corrected chi connectivity index (χ0v) is 15.0. The van der Waals surface area contributed by atoms with Crippen molar-refractivity contribution >= 4 is 5.71 Å². The molecule has 0 radical (unpaired) electrons. The van der Waals surface area contributed by atoms with E-state index in [1.54, 1.807) is 7.11 Å².